The van der Waals surface area contributed by atoms with Gasteiger partial charge in [0.25, 0.3) is 0 Å². The average molecular weight is 475 g/mol. The van der Waals surface area contributed by atoms with Crippen molar-refractivity contribution in [1.82, 2.24) is 10.6 Å². The summed E-state index contributed by atoms with van der Waals surface area (Å²) >= 11 is 0. The molecule has 3 aromatic carbocycles. The van der Waals surface area contributed by atoms with Crippen LogP contribution in [0.3, 0.4) is 0 Å². The van der Waals surface area contributed by atoms with Crippen molar-refractivity contribution in [3.8, 4) is 0 Å². The summed E-state index contributed by atoms with van der Waals surface area (Å²) in [5.41, 5.74) is 4.16. The summed E-state index contributed by atoms with van der Waals surface area (Å²) in [5.74, 6) is -0.125. The van der Waals surface area contributed by atoms with E-state index in [-0.39, 0.29) is 25.0 Å². The van der Waals surface area contributed by atoms with Crippen molar-refractivity contribution in [3.05, 3.63) is 95.6 Å². The number of hydrogen-bond acceptors (Lipinski definition) is 4. The van der Waals surface area contributed by atoms with E-state index in [4.69, 9.17) is 4.74 Å². The van der Waals surface area contributed by atoms with Crippen molar-refractivity contribution in [3.63, 3.8) is 0 Å². The Kier molecular flexibility index (Phi) is 9.68. The van der Waals surface area contributed by atoms with E-state index < -0.39 is 6.09 Å². The number of urea groups is 1. The third-order valence-corrected chi connectivity index (χ3v) is 5.01. The third-order valence-electron chi connectivity index (χ3n) is 5.01. The molecule has 0 unspecified atom stereocenters. The molecule has 8 heteroatoms. The van der Waals surface area contributed by atoms with Gasteiger partial charge in [-0.15, -0.1) is 0 Å². The molecule has 182 valence electrons. The minimum atomic E-state index is -0.509. The van der Waals surface area contributed by atoms with Crippen LogP contribution in [0.2, 0.25) is 0 Å². The summed E-state index contributed by atoms with van der Waals surface area (Å²) in [6, 6.07) is 23.9. The van der Waals surface area contributed by atoms with E-state index in [1.54, 1.807) is 12.1 Å². The molecular weight excluding hydrogens is 444 g/mol. The Bertz CT molecular complexity index is 1130. The second kappa shape index (κ2) is 13.4. The second-order valence-corrected chi connectivity index (χ2v) is 8.02. The van der Waals surface area contributed by atoms with E-state index in [2.05, 4.69) is 21.3 Å². The van der Waals surface area contributed by atoms with Crippen molar-refractivity contribution in [1.29, 1.82) is 0 Å². The summed E-state index contributed by atoms with van der Waals surface area (Å²) < 4.78 is 5.13. The Morgan fingerprint density at radius 3 is 2.20 bits per heavy atom. The monoisotopic (exact) mass is 474 g/mol. The fourth-order valence-corrected chi connectivity index (χ4v) is 3.28. The van der Waals surface area contributed by atoms with E-state index >= 15 is 0 Å². The normalized spacial score (nSPS) is 10.2. The molecule has 0 saturated heterocycles. The first-order valence-corrected chi connectivity index (χ1v) is 11.4. The fraction of sp³-hybridized carbons (Fsp3) is 0.222. The fourth-order valence-electron chi connectivity index (χ4n) is 3.28. The topological polar surface area (TPSA) is 109 Å². The third kappa shape index (κ3) is 9.59. The summed E-state index contributed by atoms with van der Waals surface area (Å²) in [4.78, 5) is 36.1. The number of benzene rings is 3. The van der Waals surface area contributed by atoms with Crippen molar-refractivity contribution in [2.24, 2.45) is 0 Å². The molecule has 4 N–H and O–H groups in total. The van der Waals surface area contributed by atoms with Crippen molar-refractivity contribution in [2.75, 3.05) is 17.2 Å². The number of hydrogen-bond donors (Lipinski definition) is 4. The molecule has 0 atom stereocenters. The molecule has 3 rings (SSSR count). The Labute approximate surface area is 205 Å². The van der Waals surface area contributed by atoms with Gasteiger partial charge in [-0.3, -0.25) is 4.79 Å². The van der Waals surface area contributed by atoms with Gasteiger partial charge in [0.1, 0.15) is 6.61 Å². The van der Waals surface area contributed by atoms with Gasteiger partial charge >= 0.3 is 12.1 Å². The van der Waals surface area contributed by atoms with E-state index in [0.29, 0.717) is 30.9 Å². The number of carbonyl (C=O) groups excluding carboxylic acids is 3. The molecule has 8 nitrogen and oxygen atoms in total. The van der Waals surface area contributed by atoms with Crippen LogP contribution < -0.4 is 21.3 Å². The van der Waals surface area contributed by atoms with E-state index in [9.17, 15) is 14.4 Å². The van der Waals surface area contributed by atoms with Crippen molar-refractivity contribution in [2.45, 2.75) is 32.9 Å². The number of rotatable bonds is 10. The lowest BCUT2D eigenvalue weighted by molar-refractivity contribution is -0.121. The average Bonchev–Trinajstić information content (AvgIpc) is 2.85. The lowest BCUT2D eigenvalue weighted by Gasteiger charge is -2.10. The van der Waals surface area contributed by atoms with E-state index in [1.165, 1.54) is 0 Å². The molecule has 0 bridgehead atoms. The van der Waals surface area contributed by atoms with Crippen molar-refractivity contribution >= 4 is 29.4 Å². The molecule has 0 aliphatic carbocycles. The van der Waals surface area contributed by atoms with Gasteiger partial charge in [-0.25, -0.2) is 9.59 Å². The molecule has 0 aliphatic heterocycles. The number of aryl methyl sites for hydroxylation is 1. The Balaban J connectivity index is 1.32. The van der Waals surface area contributed by atoms with Crippen LogP contribution in [-0.2, 0) is 22.7 Å². The lowest BCUT2D eigenvalue weighted by atomic mass is 10.2. The Morgan fingerprint density at radius 1 is 0.771 bits per heavy atom. The highest BCUT2D eigenvalue weighted by molar-refractivity contribution is 5.99. The van der Waals surface area contributed by atoms with Gasteiger partial charge in [-0.2, -0.15) is 0 Å². The number of nitrogens with one attached hydrogen (secondary N) is 4. The molecule has 0 aliphatic rings. The number of carbonyl (C=O) groups is 3. The highest BCUT2D eigenvalue weighted by Gasteiger charge is 2.07. The highest BCUT2D eigenvalue weighted by atomic mass is 16.5. The Morgan fingerprint density at radius 2 is 1.46 bits per heavy atom. The lowest BCUT2D eigenvalue weighted by Crippen LogP contribution is -2.27. The maximum Gasteiger partial charge on any atom is 0.407 e. The summed E-state index contributed by atoms with van der Waals surface area (Å²) in [5, 5.41) is 11.1. The van der Waals surface area contributed by atoms with Crippen LogP contribution in [0.15, 0.2) is 78.9 Å². The molecule has 0 saturated carbocycles. The first kappa shape index (κ1) is 25.3. The van der Waals surface area contributed by atoms with E-state index in [1.807, 2.05) is 73.7 Å². The van der Waals surface area contributed by atoms with Gasteiger partial charge in [0.2, 0.25) is 5.91 Å². The molecular formula is C27H30N4O4. The predicted octanol–water partition coefficient (Wildman–Crippen LogP) is 4.96. The standard InChI is InChI=1S/C27H30N4O4/c1-20-8-5-12-23(16-20)30-26(33)31-24-13-6-11-22(17-24)18-29-25(32)14-7-15-28-27(34)35-19-21-9-3-2-4-10-21/h2-6,8-13,16-17H,7,14-15,18-19H2,1H3,(H,28,34)(H,29,32)(H2,30,31,33). The molecule has 35 heavy (non-hydrogen) atoms. The summed E-state index contributed by atoms with van der Waals surface area (Å²) in [6.45, 7) is 2.84. The molecule has 4 amide bonds. The van der Waals surface area contributed by atoms with Crippen LogP contribution in [-0.4, -0.2) is 24.6 Å². The van der Waals surface area contributed by atoms with Crippen LogP contribution in [0, 0.1) is 6.92 Å². The molecule has 0 radical (unpaired) electrons. The number of alkyl carbamates (subject to hydrolysis) is 1. The summed E-state index contributed by atoms with van der Waals surface area (Å²) in [6.07, 6.45) is 0.257. The zero-order chi connectivity index (χ0) is 24.9. The number of amides is 4. The molecule has 0 heterocycles. The van der Waals surface area contributed by atoms with E-state index in [0.717, 1.165) is 16.7 Å². The van der Waals surface area contributed by atoms with Crippen LogP contribution in [0.25, 0.3) is 0 Å². The van der Waals surface area contributed by atoms with Crippen LogP contribution in [0.4, 0.5) is 21.0 Å². The number of anilines is 2. The first-order chi connectivity index (χ1) is 17.0. The van der Waals surface area contributed by atoms with Crippen LogP contribution in [0.1, 0.15) is 29.5 Å². The molecule has 3 aromatic rings. The molecule has 0 spiro atoms. The summed E-state index contributed by atoms with van der Waals surface area (Å²) in [7, 11) is 0. The van der Waals surface area contributed by atoms with Gasteiger partial charge in [-0.05, 0) is 54.3 Å². The Hall–Kier alpha value is -4.33. The van der Waals surface area contributed by atoms with Gasteiger partial charge in [0.05, 0.1) is 0 Å². The van der Waals surface area contributed by atoms with Gasteiger partial charge < -0.3 is 26.0 Å². The smallest absolute Gasteiger partial charge is 0.407 e. The highest BCUT2D eigenvalue weighted by Crippen LogP contribution is 2.13. The zero-order valence-corrected chi connectivity index (χ0v) is 19.7. The van der Waals surface area contributed by atoms with Gasteiger partial charge in [-0.1, -0.05) is 54.6 Å². The van der Waals surface area contributed by atoms with Crippen LogP contribution in [0.5, 0.6) is 0 Å². The number of ether oxygens (including phenoxy) is 1. The predicted molar refractivity (Wildman–Crippen MR) is 136 cm³/mol. The SMILES string of the molecule is Cc1cccc(NC(=O)Nc2cccc(CNC(=O)CCCNC(=O)OCc3ccccc3)c2)c1. The maximum atomic E-state index is 12.2. The van der Waals surface area contributed by atoms with Gasteiger partial charge in [0.15, 0.2) is 0 Å². The first-order valence-electron chi connectivity index (χ1n) is 11.4. The molecule has 0 aromatic heterocycles. The van der Waals surface area contributed by atoms with Crippen molar-refractivity contribution < 1.29 is 19.1 Å². The quantitative estimate of drug-likeness (QED) is 0.311. The molecule has 0 fully saturated rings. The maximum absolute atomic E-state index is 12.2. The minimum Gasteiger partial charge on any atom is -0.445 e. The minimum absolute atomic E-state index is 0.125. The second-order valence-electron chi connectivity index (χ2n) is 8.02. The van der Waals surface area contributed by atoms with Crippen LogP contribution >= 0.6 is 0 Å². The van der Waals surface area contributed by atoms with Gasteiger partial charge in [0, 0.05) is 30.9 Å². The largest absolute Gasteiger partial charge is 0.445 e. The zero-order valence-electron chi connectivity index (χ0n) is 19.7.